The molecule has 2 aromatic heterocycles. The van der Waals surface area contributed by atoms with Gasteiger partial charge in [-0.2, -0.15) is 5.10 Å². The summed E-state index contributed by atoms with van der Waals surface area (Å²) in [5, 5.41) is 7.90. The van der Waals surface area contributed by atoms with Crippen LogP contribution in [0.3, 0.4) is 0 Å². The largest absolute Gasteiger partial charge is 0.452 e. The third-order valence-corrected chi connectivity index (χ3v) is 5.30. The fourth-order valence-electron chi connectivity index (χ4n) is 3.49. The van der Waals surface area contributed by atoms with Gasteiger partial charge < -0.3 is 10.1 Å². The molecule has 1 amide bonds. The predicted octanol–water partition coefficient (Wildman–Crippen LogP) is 3.92. The van der Waals surface area contributed by atoms with Crippen LogP contribution in [-0.4, -0.2) is 33.2 Å². The van der Waals surface area contributed by atoms with Crippen LogP contribution in [0.4, 0.5) is 0 Å². The molecular formula is C23H26N4O3. The van der Waals surface area contributed by atoms with Crippen molar-refractivity contribution in [3.05, 3.63) is 59.4 Å². The normalized spacial score (nSPS) is 14.7. The summed E-state index contributed by atoms with van der Waals surface area (Å²) < 4.78 is 7.16. The van der Waals surface area contributed by atoms with E-state index in [1.54, 1.807) is 12.3 Å². The maximum atomic E-state index is 12.8. The molecule has 7 heteroatoms. The number of amides is 1. The van der Waals surface area contributed by atoms with Crippen LogP contribution in [-0.2, 0) is 9.53 Å². The Kier molecular flexibility index (Phi) is 5.53. The van der Waals surface area contributed by atoms with Crippen LogP contribution in [0.2, 0.25) is 0 Å². The number of hydrogen-bond donors (Lipinski definition) is 1. The fourth-order valence-corrected chi connectivity index (χ4v) is 3.49. The molecule has 3 aromatic rings. The maximum absolute atomic E-state index is 12.8. The highest BCUT2D eigenvalue weighted by atomic mass is 16.5. The van der Waals surface area contributed by atoms with Crippen molar-refractivity contribution < 1.29 is 14.3 Å². The number of ether oxygens (including phenoxy) is 1. The Morgan fingerprint density at radius 1 is 1.20 bits per heavy atom. The first-order valence-electron chi connectivity index (χ1n) is 10.3. The van der Waals surface area contributed by atoms with E-state index < -0.39 is 5.97 Å². The minimum atomic E-state index is -0.532. The fraction of sp³-hybridized carbons (Fsp3) is 0.391. The summed E-state index contributed by atoms with van der Waals surface area (Å²) in [6.45, 7) is 5.60. The highest BCUT2D eigenvalue weighted by Crippen LogP contribution is 2.40. The van der Waals surface area contributed by atoms with Gasteiger partial charge in [-0.05, 0) is 45.2 Å². The molecule has 4 rings (SSSR count). The van der Waals surface area contributed by atoms with Crippen molar-refractivity contribution in [3.63, 3.8) is 0 Å². The Bertz CT molecular complexity index is 1070. The first-order valence-corrected chi connectivity index (χ1v) is 10.3. The molecule has 156 valence electrons. The SMILES string of the molecule is CC(NC(=O)COC(=O)c1cc(C2CC2)nc2c1cnn2C(C)C)c1ccccc1. The van der Waals surface area contributed by atoms with Gasteiger partial charge in [0.2, 0.25) is 0 Å². The number of hydrogen-bond acceptors (Lipinski definition) is 5. The molecule has 0 bridgehead atoms. The second kappa shape index (κ2) is 8.26. The van der Waals surface area contributed by atoms with Gasteiger partial charge in [-0.25, -0.2) is 14.5 Å². The second-order valence-corrected chi connectivity index (χ2v) is 8.07. The summed E-state index contributed by atoms with van der Waals surface area (Å²) in [7, 11) is 0. The van der Waals surface area contributed by atoms with Crippen LogP contribution in [0.25, 0.3) is 11.0 Å². The van der Waals surface area contributed by atoms with Crippen LogP contribution >= 0.6 is 0 Å². The smallest absolute Gasteiger partial charge is 0.339 e. The number of carbonyl (C=O) groups is 2. The summed E-state index contributed by atoms with van der Waals surface area (Å²) >= 11 is 0. The highest BCUT2D eigenvalue weighted by Gasteiger charge is 2.28. The molecule has 30 heavy (non-hydrogen) atoms. The number of nitrogens with zero attached hydrogens (tertiary/aromatic N) is 3. The van der Waals surface area contributed by atoms with Gasteiger partial charge in [0.15, 0.2) is 12.3 Å². The average Bonchev–Trinajstić information content (AvgIpc) is 3.50. The van der Waals surface area contributed by atoms with Gasteiger partial charge >= 0.3 is 5.97 Å². The molecule has 1 aromatic carbocycles. The van der Waals surface area contributed by atoms with Crippen molar-refractivity contribution in [3.8, 4) is 0 Å². The summed E-state index contributed by atoms with van der Waals surface area (Å²) in [6, 6.07) is 11.4. The van der Waals surface area contributed by atoms with E-state index in [1.165, 1.54) is 0 Å². The number of fused-ring (bicyclic) bond motifs is 1. The van der Waals surface area contributed by atoms with Gasteiger partial charge in [-0.1, -0.05) is 30.3 Å². The van der Waals surface area contributed by atoms with E-state index in [2.05, 4.69) is 10.4 Å². The Balaban J connectivity index is 1.48. The quantitative estimate of drug-likeness (QED) is 0.601. The molecule has 0 spiro atoms. The summed E-state index contributed by atoms with van der Waals surface area (Å²) in [4.78, 5) is 29.9. The molecule has 1 fully saturated rings. The van der Waals surface area contributed by atoms with E-state index in [0.717, 1.165) is 24.1 Å². The van der Waals surface area contributed by atoms with Gasteiger partial charge in [0.25, 0.3) is 5.91 Å². The van der Waals surface area contributed by atoms with E-state index >= 15 is 0 Å². The summed E-state index contributed by atoms with van der Waals surface area (Å²) in [6.07, 6.45) is 3.79. The minimum absolute atomic E-state index is 0.124. The lowest BCUT2D eigenvalue weighted by atomic mass is 10.1. The predicted molar refractivity (Wildman–Crippen MR) is 113 cm³/mol. The maximum Gasteiger partial charge on any atom is 0.339 e. The highest BCUT2D eigenvalue weighted by molar-refractivity contribution is 6.03. The third-order valence-electron chi connectivity index (χ3n) is 5.30. The van der Waals surface area contributed by atoms with Gasteiger partial charge in [-0.3, -0.25) is 4.79 Å². The van der Waals surface area contributed by atoms with E-state index in [9.17, 15) is 9.59 Å². The number of benzene rings is 1. The minimum Gasteiger partial charge on any atom is -0.452 e. The zero-order chi connectivity index (χ0) is 21.3. The molecular weight excluding hydrogens is 380 g/mol. The molecule has 1 atom stereocenters. The average molecular weight is 406 g/mol. The summed E-state index contributed by atoms with van der Waals surface area (Å²) in [5.74, 6) is -0.494. The first kappa shape index (κ1) is 20.1. The molecule has 7 nitrogen and oxygen atoms in total. The van der Waals surface area contributed by atoms with Crippen LogP contribution in [0.1, 0.15) is 73.2 Å². The van der Waals surface area contributed by atoms with Crippen molar-refractivity contribution in [2.24, 2.45) is 0 Å². The number of rotatable bonds is 7. The topological polar surface area (TPSA) is 86.1 Å². The third kappa shape index (κ3) is 4.20. The van der Waals surface area contributed by atoms with Crippen molar-refractivity contribution in [2.75, 3.05) is 6.61 Å². The van der Waals surface area contributed by atoms with Crippen molar-refractivity contribution >= 4 is 22.9 Å². The Morgan fingerprint density at radius 3 is 2.60 bits per heavy atom. The lowest BCUT2D eigenvalue weighted by Crippen LogP contribution is -2.31. The molecule has 0 saturated heterocycles. The zero-order valence-electron chi connectivity index (χ0n) is 17.5. The lowest BCUT2D eigenvalue weighted by Gasteiger charge is -2.14. The van der Waals surface area contributed by atoms with E-state index in [1.807, 2.05) is 55.8 Å². The van der Waals surface area contributed by atoms with Crippen LogP contribution in [0.15, 0.2) is 42.6 Å². The number of esters is 1. The van der Waals surface area contributed by atoms with Gasteiger partial charge in [-0.15, -0.1) is 0 Å². The zero-order valence-corrected chi connectivity index (χ0v) is 17.5. The van der Waals surface area contributed by atoms with Crippen LogP contribution in [0.5, 0.6) is 0 Å². The van der Waals surface area contributed by atoms with Crippen molar-refractivity contribution in [1.82, 2.24) is 20.1 Å². The number of pyridine rings is 1. The molecule has 1 N–H and O–H groups in total. The van der Waals surface area contributed by atoms with E-state index in [-0.39, 0.29) is 24.6 Å². The molecule has 0 aliphatic heterocycles. The standard InChI is InChI=1S/C23H26N4O3/c1-14(2)27-22-19(12-24-27)18(11-20(26-22)17-9-10-17)23(29)30-13-21(28)25-15(3)16-7-5-4-6-8-16/h4-8,11-12,14-15,17H,9-10,13H2,1-3H3,(H,25,28). The summed E-state index contributed by atoms with van der Waals surface area (Å²) in [5.41, 5.74) is 2.98. The van der Waals surface area contributed by atoms with E-state index in [0.29, 0.717) is 22.5 Å². The van der Waals surface area contributed by atoms with E-state index in [4.69, 9.17) is 9.72 Å². The monoisotopic (exact) mass is 406 g/mol. The Labute approximate surface area is 175 Å². The van der Waals surface area contributed by atoms with Gasteiger partial charge in [0, 0.05) is 17.7 Å². The number of aromatic nitrogens is 3. The molecule has 1 saturated carbocycles. The molecule has 2 heterocycles. The van der Waals surface area contributed by atoms with Crippen LogP contribution < -0.4 is 5.32 Å². The molecule has 1 aliphatic carbocycles. The number of carbonyl (C=O) groups excluding carboxylic acids is 2. The molecule has 1 aliphatic rings. The molecule has 0 radical (unpaired) electrons. The molecule has 1 unspecified atom stereocenters. The lowest BCUT2D eigenvalue weighted by molar-refractivity contribution is -0.124. The number of nitrogens with one attached hydrogen (secondary N) is 1. The Morgan fingerprint density at radius 2 is 1.93 bits per heavy atom. The second-order valence-electron chi connectivity index (χ2n) is 8.07. The van der Waals surface area contributed by atoms with Crippen LogP contribution in [0, 0.1) is 0 Å². The Hall–Kier alpha value is -3.22. The van der Waals surface area contributed by atoms with Gasteiger partial charge in [0.1, 0.15) is 0 Å². The van der Waals surface area contributed by atoms with Crippen molar-refractivity contribution in [2.45, 2.75) is 51.6 Å². The van der Waals surface area contributed by atoms with Crippen molar-refractivity contribution in [1.29, 1.82) is 0 Å². The first-order chi connectivity index (χ1) is 14.4. The van der Waals surface area contributed by atoms with Gasteiger partial charge in [0.05, 0.1) is 23.2 Å².